The van der Waals surface area contributed by atoms with Crippen molar-refractivity contribution in [1.82, 2.24) is 0 Å². The third-order valence-electron chi connectivity index (χ3n) is 3.00. The van der Waals surface area contributed by atoms with Gasteiger partial charge in [0.25, 0.3) is 0 Å². The fraction of sp³-hybridized carbons (Fsp3) is 0.800. The first-order valence-electron chi connectivity index (χ1n) is 6.96. The standard InChI is InChI=1S/C15H24O6/c1-8-9(20-12(17)14(2,3)4)10(11(16)19-8)21-13(18)15(5,6)7/h8-10H,1-7H3/t8-,9-,10+/m0/s1. The molecule has 0 saturated carbocycles. The van der Waals surface area contributed by atoms with Crippen molar-refractivity contribution >= 4 is 17.9 Å². The van der Waals surface area contributed by atoms with Gasteiger partial charge in [-0.2, -0.15) is 0 Å². The van der Waals surface area contributed by atoms with Gasteiger partial charge < -0.3 is 14.2 Å². The molecule has 1 heterocycles. The first-order valence-corrected chi connectivity index (χ1v) is 6.96. The zero-order chi connectivity index (χ0) is 16.6. The van der Waals surface area contributed by atoms with Gasteiger partial charge in [-0.15, -0.1) is 0 Å². The topological polar surface area (TPSA) is 78.9 Å². The maximum Gasteiger partial charge on any atom is 0.351 e. The number of esters is 3. The van der Waals surface area contributed by atoms with Crippen LogP contribution in [0.1, 0.15) is 48.5 Å². The Kier molecular flexibility index (Phi) is 4.70. The summed E-state index contributed by atoms with van der Waals surface area (Å²) in [4.78, 5) is 35.7. The van der Waals surface area contributed by atoms with Crippen LogP contribution in [-0.2, 0) is 28.6 Å². The van der Waals surface area contributed by atoms with Crippen LogP contribution in [0.5, 0.6) is 0 Å². The summed E-state index contributed by atoms with van der Waals surface area (Å²) in [7, 11) is 0. The van der Waals surface area contributed by atoms with Crippen molar-refractivity contribution in [2.45, 2.75) is 66.8 Å². The van der Waals surface area contributed by atoms with Gasteiger partial charge in [0.2, 0.25) is 6.10 Å². The van der Waals surface area contributed by atoms with Gasteiger partial charge in [-0.05, 0) is 48.5 Å². The van der Waals surface area contributed by atoms with E-state index >= 15 is 0 Å². The molecule has 0 bridgehead atoms. The summed E-state index contributed by atoms with van der Waals surface area (Å²) >= 11 is 0. The molecule has 0 amide bonds. The van der Waals surface area contributed by atoms with Gasteiger partial charge in [-0.3, -0.25) is 9.59 Å². The van der Waals surface area contributed by atoms with Crippen molar-refractivity contribution in [3.8, 4) is 0 Å². The van der Waals surface area contributed by atoms with Crippen molar-refractivity contribution in [3.05, 3.63) is 0 Å². The monoisotopic (exact) mass is 300 g/mol. The summed E-state index contributed by atoms with van der Waals surface area (Å²) in [5.41, 5.74) is -1.48. The van der Waals surface area contributed by atoms with Gasteiger partial charge in [0.15, 0.2) is 6.10 Å². The maximum atomic E-state index is 12.0. The largest absolute Gasteiger partial charge is 0.456 e. The lowest BCUT2D eigenvalue weighted by atomic mass is 9.96. The first kappa shape index (κ1) is 17.5. The van der Waals surface area contributed by atoms with Crippen molar-refractivity contribution in [3.63, 3.8) is 0 Å². The molecule has 1 aliphatic heterocycles. The van der Waals surface area contributed by atoms with Crippen LogP contribution in [0.15, 0.2) is 0 Å². The lowest BCUT2D eigenvalue weighted by molar-refractivity contribution is -0.177. The zero-order valence-electron chi connectivity index (χ0n) is 13.7. The van der Waals surface area contributed by atoms with Gasteiger partial charge in [-0.1, -0.05) is 0 Å². The number of hydrogen-bond donors (Lipinski definition) is 0. The van der Waals surface area contributed by atoms with Crippen molar-refractivity contribution in [2.75, 3.05) is 0 Å². The molecule has 0 N–H and O–H groups in total. The van der Waals surface area contributed by atoms with Crippen LogP contribution in [-0.4, -0.2) is 36.2 Å². The van der Waals surface area contributed by atoms with E-state index in [-0.39, 0.29) is 0 Å². The molecular formula is C15H24O6. The summed E-state index contributed by atoms with van der Waals surface area (Å²) in [6, 6.07) is 0. The van der Waals surface area contributed by atoms with E-state index in [9.17, 15) is 14.4 Å². The smallest absolute Gasteiger partial charge is 0.351 e. The molecule has 0 radical (unpaired) electrons. The number of hydrogen-bond acceptors (Lipinski definition) is 6. The Morgan fingerprint density at radius 1 is 0.952 bits per heavy atom. The molecule has 0 aromatic carbocycles. The second kappa shape index (κ2) is 5.66. The highest BCUT2D eigenvalue weighted by Crippen LogP contribution is 2.27. The van der Waals surface area contributed by atoms with E-state index in [2.05, 4.69) is 0 Å². The summed E-state index contributed by atoms with van der Waals surface area (Å²) < 4.78 is 15.5. The highest BCUT2D eigenvalue weighted by molar-refractivity contribution is 5.84. The lowest BCUT2D eigenvalue weighted by Crippen LogP contribution is -2.42. The fourth-order valence-electron chi connectivity index (χ4n) is 1.56. The third-order valence-corrected chi connectivity index (χ3v) is 3.00. The Morgan fingerprint density at radius 3 is 1.81 bits per heavy atom. The molecule has 6 nitrogen and oxygen atoms in total. The van der Waals surface area contributed by atoms with Gasteiger partial charge >= 0.3 is 17.9 Å². The van der Waals surface area contributed by atoms with Crippen LogP contribution in [0.25, 0.3) is 0 Å². The number of carbonyl (C=O) groups excluding carboxylic acids is 3. The molecular weight excluding hydrogens is 276 g/mol. The minimum atomic E-state index is -1.21. The van der Waals surface area contributed by atoms with E-state index in [1.807, 2.05) is 0 Å². The summed E-state index contributed by atoms with van der Waals surface area (Å²) in [5, 5.41) is 0. The predicted molar refractivity (Wildman–Crippen MR) is 74.2 cm³/mol. The molecule has 0 aromatic rings. The first-order chi connectivity index (χ1) is 9.34. The molecule has 0 unspecified atom stereocenters. The molecule has 120 valence electrons. The summed E-state index contributed by atoms with van der Waals surface area (Å²) in [5.74, 6) is -1.71. The molecule has 0 aliphatic carbocycles. The van der Waals surface area contributed by atoms with Crippen LogP contribution in [0.4, 0.5) is 0 Å². The highest BCUT2D eigenvalue weighted by Gasteiger charge is 2.49. The van der Waals surface area contributed by atoms with Gasteiger partial charge in [-0.25, -0.2) is 4.79 Å². The Morgan fingerprint density at radius 2 is 1.38 bits per heavy atom. The van der Waals surface area contributed by atoms with Gasteiger partial charge in [0.1, 0.15) is 6.10 Å². The number of rotatable bonds is 2. The van der Waals surface area contributed by atoms with E-state index < -0.39 is 47.0 Å². The normalized spacial score (nSPS) is 26.2. The van der Waals surface area contributed by atoms with Crippen LogP contribution < -0.4 is 0 Å². The quantitative estimate of drug-likeness (QED) is 0.572. The molecule has 3 atom stereocenters. The summed E-state index contributed by atoms with van der Waals surface area (Å²) in [6.45, 7) is 11.7. The average molecular weight is 300 g/mol. The minimum absolute atomic E-state index is 0.477. The molecule has 0 spiro atoms. The highest BCUT2D eigenvalue weighted by atomic mass is 16.7. The van der Waals surface area contributed by atoms with E-state index in [0.29, 0.717) is 0 Å². The Labute approximate surface area is 125 Å². The van der Waals surface area contributed by atoms with Crippen LogP contribution in [0.2, 0.25) is 0 Å². The van der Waals surface area contributed by atoms with Crippen molar-refractivity contribution in [2.24, 2.45) is 10.8 Å². The van der Waals surface area contributed by atoms with Gasteiger partial charge in [0.05, 0.1) is 10.8 Å². The maximum absolute atomic E-state index is 12.0. The molecule has 6 heteroatoms. The second-order valence-corrected chi connectivity index (χ2v) is 7.34. The van der Waals surface area contributed by atoms with E-state index in [0.717, 1.165) is 0 Å². The zero-order valence-corrected chi connectivity index (χ0v) is 13.7. The third kappa shape index (κ3) is 4.19. The predicted octanol–water partition coefficient (Wildman–Crippen LogP) is 1.85. The second-order valence-electron chi connectivity index (χ2n) is 7.34. The molecule has 1 fully saturated rings. The molecule has 1 saturated heterocycles. The molecule has 0 aromatic heterocycles. The Balaban J connectivity index is 2.87. The number of carbonyl (C=O) groups is 3. The average Bonchev–Trinajstić information content (AvgIpc) is 2.53. The van der Waals surface area contributed by atoms with E-state index in [1.165, 1.54) is 0 Å². The van der Waals surface area contributed by atoms with Crippen LogP contribution in [0.3, 0.4) is 0 Å². The molecule has 21 heavy (non-hydrogen) atoms. The van der Waals surface area contributed by atoms with Crippen LogP contribution >= 0.6 is 0 Å². The molecule has 1 aliphatic rings. The summed E-state index contributed by atoms with van der Waals surface area (Å²) in [6.07, 6.45) is -2.78. The molecule has 1 rings (SSSR count). The van der Waals surface area contributed by atoms with Crippen molar-refractivity contribution in [1.29, 1.82) is 0 Å². The number of cyclic esters (lactones) is 1. The minimum Gasteiger partial charge on any atom is -0.456 e. The van der Waals surface area contributed by atoms with Crippen LogP contribution in [0, 0.1) is 10.8 Å². The Hall–Kier alpha value is -1.59. The van der Waals surface area contributed by atoms with Gasteiger partial charge in [0, 0.05) is 0 Å². The van der Waals surface area contributed by atoms with E-state index in [1.54, 1.807) is 48.5 Å². The van der Waals surface area contributed by atoms with Crippen molar-refractivity contribution < 1.29 is 28.6 Å². The van der Waals surface area contributed by atoms with E-state index in [4.69, 9.17) is 14.2 Å². The fourth-order valence-corrected chi connectivity index (χ4v) is 1.56. The SMILES string of the molecule is C[C@@H]1OC(=O)[C@H](OC(=O)C(C)(C)C)[C@H]1OC(=O)C(C)(C)C. The lowest BCUT2D eigenvalue weighted by Gasteiger charge is -2.25. The Bertz CT molecular complexity index is 440. The number of ether oxygens (including phenoxy) is 3.